The molecule has 0 saturated carbocycles. The highest BCUT2D eigenvalue weighted by molar-refractivity contribution is 6.15. The van der Waals surface area contributed by atoms with Gasteiger partial charge in [0.1, 0.15) is 5.69 Å². The standard InChI is InChI=1S/C32H30N6O3/c1-2-29(39)34-15-14-22-6-8-23(9-7-22)18-24-10-12-27(13-11-24)37-16-17-38-30(32(37)41)28(21-35-38)31(40)36-26-5-3-4-25(19-26)20-33/h3-13,19,21H,2,14-18H2,1H3,(H,34,39)(H,36,40). The van der Waals surface area contributed by atoms with Crippen molar-refractivity contribution in [2.45, 2.75) is 32.7 Å². The fourth-order valence-corrected chi connectivity index (χ4v) is 4.81. The SMILES string of the molecule is CCC(=O)NCCc1ccc(Cc2ccc(N3CCn4ncc(C(=O)Nc5cccc(C#N)c5)c4C3=O)cc2)cc1. The summed E-state index contributed by atoms with van der Waals surface area (Å²) < 4.78 is 1.56. The average molecular weight is 547 g/mol. The van der Waals surface area contributed by atoms with Gasteiger partial charge in [-0.25, -0.2) is 0 Å². The second-order valence-corrected chi connectivity index (χ2v) is 9.85. The lowest BCUT2D eigenvalue weighted by Crippen LogP contribution is -2.41. The van der Waals surface area contributed by atoms with Crippen LogP contribution in [0.2, 0.25) is 0 Å². The number of anilines is 2. The van der Waals surface area contributed by atoms with E-state index in [4.69, 9.17) is 5.26 Å². The Kier molecular flexibility index (Phi) is 8.20. The van der Waals surface area contributed by atoms with Crippen molar-refractivity contribution < 1.29 is 14.4 Å². The van der Waals surface area contributed by atoms with Gasteiger partial charge < -0.3 is 15.5 Å². The maximum atomic E-state index is 13.5. The Bertz CT molecular complexity index is 1620. The lowest BCUT2D eigenvalue weighted by atomic mass is 10.0. The van der Waals surface area contributed by atoms with Gasteiger partial charge in [-0.05, 0) is 59.9 Å². The number of nitrogens with zero attached hydrogens (tertiary/aromatic N) is 4. The second kappa shape index (κ2) is 12.3. The normalized spacial score (nSPS) is 12.4. The van der Waals surface area contributed by atoms with E-state index in [1.165, 1.54) is 17.3 Å². The molecule has 0 bridgehead atoms. The molecule has 4 aromatic rings. The number of fused-ring (bicyclic) bond motifs is 1. The van der Waals surface area contributed by atoms with Crippen LogP contribution in [0.15, 0.2) is 79.0 Å². The first-order chi connectivity index (χ1) is 19.9. The van der Waals surface area contributed by atoms with E-state index in [2.05, 4.69) is 40.0 Å². The van der Waals surface area contributed by atoms with Gasteiger partial charge in [0.2, 0.25) is 5.91 Å². The Hall–Kier alpha value is -5.23. The molecule has 0 radical (unpaired) electrons. The van der Waals surface area contributed by atoms with Crippen LogP contribution in [0, 0.1) is 11.3 Å². The number of carbonyl (C=O) groups excluding carboxylic acids is 3. The summed E-state index contributed by atoms with van der Waals surface area (Å²) in [5.41, 5.74) is 5.55. The van der Waals surface area contributed by atoms with Crippen molar-refractivity contribution in [3.8, 4) is 6.07 Å². The summed E-state index contributed by atoms with van der Waals surface area (Å²) in [5.74, 6) is -0.682. The molecule has 0 atom stereocenters. The predicted molar refractivity (Wildman–Crippen MR) is 156 cm³/mol. The minimum absolute atomic E-state index is 0.0619. The first-order valence-corrected chi connectivity index (χ1v) is 13.6. The molecule has 0 unspecified atom stereocenters. The number of hydrogen-bond donors (Lipinski definition) is 2. The molecule has 3 aromatic carbocycles. The number of hydrogen-bond acceptors (Lipinski definition) is 5. The minimum atomic E-state index is -0.455. The van der Waals surface area contributed by atoms with Crippen LogP contribution in [0.4, 0.5) is 11.4 Å². The van der Waals surface area contributed by atoms with Crippen molar-refractivity contribution in [3.63, 3.8) is 0 Å². The van der Waals surface area contributed by atoms with Gasteiger partial charge in [-0.3, -0.25) is 19.1 Å². The molecule has 0 saturated heterocycles. The number of rotatable bonds is 9. The summed E-state index contributed by atoms with van der Waals surface area (Å²) in [4.78, 5) is 39.6. The van der Waals surface area contributed by atoms with Crippen molar-refractivity contribution in [1.82, 2.24) is 15.1 Å². The summed E-state index contributed by atoms with van der Waals surface area (Å²) >= 11 is 0. The Balaban J connectivity index is 1.23. The van der Waals surface area contributed by atoms with Crippen LogP contribution >= 0.6 is 0 Å². The van der Waals surface area contributed by atoms with Gasteiger partial charge in [0.25, 0.3) is 11.8 Å². The van der Waals surface area contributed by atoms with Gasteiger partial charge in [-0.15, -0.1) is 0 Å². The first kappa shape index (κ1) is 27.3. The van der Waals surface area contributed by atoms with E-state index in [0.717, 1.165) is 24.1 Å². The van der Waals surface area contributed by atoms with Crippen molar-refractivity contribution in [2.24, 2.45) is 0 Å². The summed E-state index contributed by atoms with van der Waals surface area (Å²) in [6, 6.07) is 24.9. The molecule has 0 spiro atoms. The van der Waals surface area contributed by atoms with Crippen LogP contribution in [0.1, 0.15) is 56.4 Å². The second-order valence-electron chi connectivity index (χ2n) is 9.85. The van der Waals surface area contributed by atoms with Crippen molar-refractivity contribution in [1.29, 1.82) is 5.26 Å². The molecule has 1 aliphatic heterocycles. The van der Waals surface area contributed by atoms with E-state index in [9.17, 15) is 14.4 Å². The Labute approximate surface area is 238 Å². The molecule has 2 heterocycles. The maximum absolute atomic E-state index is 13.5. The molecule has 5 rings (SSSR count). The third kappa shape index (κ3) is 6.34. The van der Waals surface area contributed by atoms with Gasteiger partial charge in [-0.1, -0.05) is 49.4 Å². The van der Waals surface area contributed by atoms with Crippen molar-refractivity contribution >= 4 is 29.1 Å². The molecule has 2 N–H and O–H groups in total. The lowest BCUT2D eigenvalue weighted by molar-refractivity contribution is -0.120. The number of aromatic nitrogens is 2. The van der Waals surface area contributed by atoms with Gasteiger partial charge >= 0.3 is 0 Å². The Morgan fingerprint density at radius 1 is 0.976 bits per heavy atom. The number of nitrogens with one attached hydrogen (secondary N) is 2. The third-order valence-electron chi connectivity index (χ3n) is 7.05. The highest BCUT2D eigenvalue weighted by Gasteiger charge is 2.32. The lowest BCUT2D eigenvalue weighted by Gasteiger charge is -2.28. The smallest absolute Gasteiger partial charge is 0.277 e. The van der Waals surface area contributed by atoms with Crippen LogP contribution in [0.3, 0.4) is 0 Å². The predicted octanol–water partition coefficient (Wildman–Crippen LogP) is 4.33. The molecule has 206 valence electrons. The fourth-order valence-electron chi connectivity index (χ4n) is 4.81. The molecule has 9 nitrogen and oxygen atoms in total. The summed E-state index contributed by atoms with van der Waals surface area (Å²) in [6.07, 6.45) is 3.45. The zero-order valence-electron chi connectivity index (χ0n) is 22.8. The van der Waals surface area contributed by atoms with Gasteiger partial charge in [0, 0.05) is 30.9 Å². The highest BCUT2D eigenvalue weighted by atomic mass is 16.2. The summed E-state index contributed by atoms with van der Waals surface area (Å²) in [6.45, 7) is 3.38. The number of amides is 3. The zero-order chi connectivity index (χ0) is 28.8. The van der Waals surface area contributed by atoms with Gasteiger partial charge in [0.05, 0.1) is 29.9 Å². The van der Waals surface area contributed by atoms with Crippen LogP contribution in [-0.4, -0.2) is 40.6 Å². The largest absolute Gasteiger partial charge is 0.356 e. The van der Waals surface area contributed by atoms with Crippen molar-refractivity contribution in [2.75, 3.05) is 23.3 Å². The maximum Gasteiger partial charge on any atom is 0.277 e. The van der Waals surface area contributed by atoms with E-state index in [1.54, 1.807) is 33.8 Å². The molecule has 0 fully saturated rings. The van der Waals surface area contributed by atoms with E-state index < -0.39 is 5.91 Å². The third-order valence-corrected chi connectivity index (χ3v) is 7.05. The van der Waals surface area contributed by atoms with E-state index >= 15 is 0 Å². The molecule has 3 amide bonds. The summed E-state index contributed by atoms with van der Waals surface area (Å²) in [7, 11) is 0. The molecular formula is C32H30N6O3. The zero-order valence-corrected chi connectivity index (χ0v) is 22.8. The monoisotopic (exact) mass is 546 g/mol. The minimum Gasteiger partial charge on any atom is -0.356 e. The highest BCUT2D eigenvalue weighted by Crippen LogP contribution is 2.25. The Morgan fingerprint density at radius 2 is 1.68 bits per heavy atom. The van der Waals surface area contributed by atoms with Crippen LogP contribution < -0.4 is 15.5 Å². The molecule has 1 aliphatic rings. The Morgan fingerprint density at radius 3 is 2.39 bits per heavy atom. The van der Waals surface area contributed by atoms with E-state index in [1.807, 2.05) is 37.3 Å². The molecule has 41 heavy (non-hydrogen) atoms. The quantitative estimate of drug-likeness (QED) is 0.324. The van der Waals surface area contributed by atoms with Crippen LogP contribution in [-0.2, 0) is 24.2 Å². The van der Waals surface area contributed by atoms with Crippen molar-refractivity contribution in [3.05, 3.63) is 113 Å². The van der Waals surface area contributed by atoms with Crippen LogP contribution in [0.5, 0.6) is 0 Å². The van der Waals surface area contributed by atoms with E-state index in [-0.39, 0.29) is 23.1 Å². The number of nitriles is 1. The van der Waals surface area contributed by atoms with Gasteiger partial charge in [-0.2, -0.15) is 10.4 Å². The fraction of sp³-hybridized carbons (Fsp3) is 0.219. The molecule has 1 aromatic heterocycles. The van der Waals surface area contributed by atoms with E-state index in [0.29, 0.717) is 37.3 Å². The summed E-state index contributed by atoms with van der Waals surface area (Å²) in [5, 5.41) is 19.0. The average Bonchev–Trinajstić information content (AvgIpc) is 3.44. The topological polar surface area (TPSA) is 120 Å². The molecule has 0 aliphatic carbocycles. The number of benzene rings is 3. The molecule has 9 heteroatoms. The van der Waals surface area contributed by atoms with Crippen LogP contribution in [0.25, 0.3) is 0 Å². The first-order valence-electron chi connectivity index (χ1n) is 13.6. The number of carbonyl (C=O) groups is 3. The molecular weight excluding hydrogens is 516 g/mol. The van der Waals surface area contributed by atoms with Gasteiger partial charge in [0.15, 0.2) is 0 Å².